The number of carbonyl (C=O) groups excluding carboxylic acids is 2. The van der Waals surface area contributed by atoms with Crippen LogP contribution in [0.4, 0.5) is 9.59 Å². The van der Waals surface area contributed by atoms with E-state index in [0.29, 0.717) is 0 Å². The lowest BCUT2D eigenvalue weighted by Gasteiger charge is -2.40. The summed E-state index contributed by atoms with van der Waals surface area (Å²) in [6.45, 7) is 11.5. The number of carboxylic acid groups (broad SMARTS) is 1. The summed E-state index contributed by atoms with van der Waals surface area (Å²) < 4.78 is 5.18. The van der Waals surface area contributed by atoms with Crippen LogP contribution in [0.2, 0.25) is 0 Å². The van der Waals surface area contributed by atoms with E-state index in [1.807, 2.05) is 58.0 Å². The second-order valence-corrected chi connectivity index (χ2v) is 9.25. The molecule has 1 aromatic rings. The van der Waals surface area contributed by atoms with Crippen LogP contribution in [0.25, 0.3) is 0 Å². The average molecular weight is 405 g/mol. The van der Waals surface area contributed by atoms with E-state index in [1.165, 1.54) is 4.90 Å². The van der Waals surface area contributed by atoms with Crippen LogP contribution in [0.5, 0.6) is 0 Å². The number of hydrogen-bond acceptors (Lipinski definition) is 4. The zero-order valence-corrected chi connectivity index (χ0v) is 18.1. The lowest BCUT2D eigenvalue weighted by molar-refractivity contribution is -0.137. The molecule has 1 aliphatic rings. The number of rotatable bonds is 7. The molecule has 0 bridgehead atoms. The van der Waals surface area contributed by atoms with Crippen LogP contribution >= 0.6 is 0 Å². The summed E-state index contributed by atoms with van der Waals surface area (Å²) in [6, 6.07) is 9.26. The zero-order valence-electron chi connectivity index (χ0n) is 18.1. The highest BCUT2D eigenvalue weighted by molar-refractivity contribution is 5.95. The van der Waals surface area contributed by atoms with Crippen LogP contribution in [0.15, 0.2) is 30.3 Å². The van der Waals surface area contributed by atoms with Crippen molar-refractivity contribution in [3.05, 3.63) is 35.9 Å². The minimum atomic E-state index is -1.15. The van der Waals surface area contributed by atoms with Gasteiger partial charge in [0.05, 0.1) is 12.0 Å². The molecule has 1 aromatic carbocycles. The number of imide groups is 1. The summed E-state index contributed by atoms with van der Waals surface area (Å²) in [5.41, 5.74) is -0.562. The monoisotopic (exact) mass is 404 g/mol. The van der Waals surface area contributed by atoms with E-state index in [0.717, 1.165) is 5.56 Å². The first-order valence-corrected chi connectivity index (χ1v) is 9.93. The number of benzene rings is 1. The van der Waals surface area contributed by atoms with Crippen molar-refractivity contribution in [2.75, 3.05) is 6.61 Å². The number of cyclic esters (lactones) is 1. The van der Waals surface area contributed by atoms with E-state index < -0.39 is 29.1 Å². The second-order valence-electron chi connectivity index (χ2n) is 9.25. The van der Waals surface area contributed by atoms with E-state index in [9.17, 15) is 19.5 Å². The van der Waals surface area contributed by atoms with Crippen molar-refractivity contribution in [1.29, 1.82) is 0 Å². The number of amides is 3. The third-order valence-electron chi connectivity index (χ3n) is 5.76. The Labute approximate surface area is 172 Å². The Morgan fingerprint density at radius 3 is 2.31 bits per heavy atom. The standard InChI is InChI=1S/C22H32N2O5/c1-14(2)17-13-29-20(28)24(17)18(25)16(12-21(3,4)23-19(26)27)22(5,6)15-10-8-7-9-11-15/h7-11,14,16-17,23H,12-13H2,1-6H3,(H,26,27)/t16-,17-/m1/s1. The maximum Gasteiger partial charge on any atom is 0.416 e. The Morgan fingerprint density at radius 1 is 1.21 bits per heavy atom. The Balaban J connectivity index is 2.47. The maximum atomic E-state index is 13.7. The fraction of sp³-hybridized carbons (Fsp3) is 0.591. The SMILES string of the molecule is CC(C)[C@H]1COC(=O)N1C(=O)[C@@H](CC(C)(C)NC(=O)O)C(C)(C)c1ccccc1. The van der Waals surface area contributed by atoms with Crippen LogP contribution < -0.4 is 5.32 Å². The highest BCUT2D eigenvalue weighted by atomic mass is 16.6. The summed E-state index contributed by atoms with van der Waals surface area (Å²) in [4.78, 5) is 38.6. The van der Waals surface area contributed by atoms with Crippen molar-refractivity contribution in [1.82, 2.24) is 10.2 Å². The van der Waals surface area contributed by atoms with E-state index in [1.54, 1.807) is 13.8 Å². The van der Waals surface area contributed by atoms with Gasteiger partial charge < -0.3 is 15.2 Å². The molecule has 2 N–H and O–H groups in total. The summed E-state index contributed by atoms with van der Waals surface area (Å²) in [5.74, 6) is -0.921. The van der Waals surface area contributed by atoms with E-state index >= 15 is 0 Å². The highest BCUT2D eigenvalue weighted by Crippen LogP contribution is 2.39. The molecular weight excluding hydrogens is 372 g/mol. The lowest BCUT2D eigenvalue weighted by Crippen LogP contribution is -2.53. The molecule has 1 aliphatic heterocycles. The molecule has 0 spiro atoms. The molecule has 0 saturated carbocycles. The third kappa shape index (κ3) is 5.08. The predicted octanol–water partition coefficient (Wildman–Crippen LogP) is 4.02. The molecule has 2 atom stereocenters. The fourth-order valence-corrected chi connectivity index (χ4v) is 3.92. The molecule has 7 heteroatoms. The number of nitrogens with one attached hydrogen (secondary N) is 1. The van der Waals surface area contributed by atoms with Crippen molar-refractivity contribution >= 4 is 18.1 Å². The molecule has 0 aliphatic carbocycles. The highest BCUT2D eigenvalue weighted by Gasteiger charge is 2.48. The summed E-state index contributed by atoms with van der Waals surface area (Å²) in [6.07, 6.45) is -1.56. The van der Waals surface area contributed by atoms with Crippen molar-refractivity contribution < 1.29 is 24.2 Å². The topological polar surface area (TPSA) is 95.9 Å². The van der Waals surface area contributed by atoms with Crippen molar-refractivity contribution in [2.45, 2.75) is 65.0 Å². The maximum absolute atomic E-state index is 13.7. The van der Waals surface area contributed by atoms with E-state index in [4.69, 9.17) is 4.74 Å². The summed E-state index contributed by atoms with van der Waals surface area (Å²) in [7, 11) is 0. The van der Waals surface area contributed by atoms with E-state index in [2.05, 4.69) is 5.32 Å². The number of carbonyl (C=O) groups is 3. The Kier molecular flexibility index (Phi) is 6.60. The normalized spacial score (nSPS) is 18.5. The van der Waals surface area contributed by atoms with Crippen LogP contribution in [0.1, 0.15) is 53.5 Å². The summed E-state index contributed by atoms with van der Waals surface area (Å²) in [5, 5.41) is 11.7. The van der Waals surface area contributed by atoms with Crippen molar-refractivity contribution in [2.24, 2.45) is 11.8 Å². The molecule has 1 heterocycles. The van der Waals surface area contributed by atoms with Crippen LogP contribution in [-0.2, 0) is 14.9 Å². The molecule has 7 nitrogen and oxygen atoms in total. The van der Waals surface area contributed by atoms with Gasteiger partial charge in [-0.2, -0.15) is 0 Å². The van der Waals surface area contributed by atoms with Gasteiger partial charge in [0.15, 0.2) is 0 Å². The molecule has 2 rings (SSSR count). The average Bonchev–Trinajstić information content (AvgIpc) is 3.00. The lowest BCUT2D eigenvalue weighted by atomic mass is 9.68. The van der Waals surface area contributed by atoms with Gasteiger partial charge in [-0.1, -0.05) is 58.0 Å². The van der Waals surface area contributed by atoms with Gasteiger partial charge in [0.25, 0.3) is 0 Å². The molecule has 29 heavy (non-hydrogen) atoms. The molecule has 1 fully saturated rings. The number of hydrogen-bond donors (Lipinski definition) is 2. The molecule has 1 saturated heterocycles. The first-order chi connectivity index (χ1) is 13.4. The van der Waals surface area contributed by atoms with Gasteiger partial charge in [0.1, 0.15) is 6.61 Å². The molecule has 3 amide bonds. The minimum absolute atomic E-state index is 0.0519. The van der Waals surface area contributed by atoms with Gasteiger partial charge >= 0.3 is 12.2 Å². The summed E-state index contributed by atoms with van der Waals surface area (Å²) >= 11 is 0. The van der Waals surface area contributed by atoms with Crippen molar-refractivity contribution in [3.8, 4) is 0 Å². The fourth-order valence-electron chi connectivity index (χ4n) is 3.92. The second kappa shape index (κ2) is 8.43. The zero-order chi connectivity index (χ0) is 22.0. The van der Waals surface area contributed by atoms with Gasteiger partial charge in [0.2, 0.25) is 5.91 Å². The Hall–Kier alpha value is -2.57. The Bertz CT molecular complexity index is 758. The van der Waals surface area contributed by atoms with Gasteiger partial charge in [0, 0.05) is 11.0 Å². The molecule has 0 unspecified atom stereocenters. The first kappa shape index (κ1) is 22.7. The van der Waals surface area contributed by atoms with Gasteiger partial charge in [-0.25, -0.2) is 14.5 Å². The molecular formula is C22H32N2O5. The largest absolute Gasteiger partial charge is 0.465 e. The Morgan fingerprint density at radius 2 is 1.79 bits per heavy atom. The quantitative estimate of drug-likeness (QED) is 0.715. The number of ether oxygens (including phenoxy) is 1. The molecule has 0 radical (unpaired) electrons. The van der Waals surface area contributed by atoms with Crippen LogP contribution in [-0.4, -0.2) is 46.3 Å². The number of nitrogens with zero attached hydrogens (tertiary/aromatic N) is 1. The first-order valence-electron chi connectivity index (χ1n) is 9.93. The third-order valence-corrected chi connectivity index (χ3v) is 5.76. The van der Waals surface area contributed by atoms with Gasteiger partial charge in [-0.05, 0) is 31.7 Å². The van der Waals surface area contributed by atoms with Crippen LogP contribution in [0, 0.1) is 11.8 Å². The van der Waals surface area contributed by atoms with E-state index in [-0.39, 0.29) is 30.9 Å². The van der Waals surface area contributed by atoms with Gasteiger partial charge in [-0.15, -0.1) is 0 Å². The molecule has 160 valence electrons. The smallest absolute Gasteiger partial charge is 0.416 e. The van der Waals surface area contributed by atoms with Crippen molar-refractivity contribution in [3.63, 3.8) is 0 Å². The minimum Gasteiger partial charge on any atom is -0.465 e. The predicted molar refractivity (Wildman–Crippen MR) is 110 cm³/mol. The van der Waals surface area contributed by atoms with Gasteiger partial charge in [-0.3, -0.25) is 4.79 Å². The van der Waals surface area contributed by atoms with Crippen LogP contribution in [0.3, 0.4) is 0 Å². The molecule has 0 aromatic heterocycles.